The van der Waals surface area contributed by atoms with Crippen LogP contribution in [-0.2, 0) is 0 Å². The first-order chi connectivity index (χ1) is 13.5. The molecule has 3 aromatic carbocycles. The molecule has 4 aromatic rings. The molecule has 0 spiro atoms. The Balaban J connectivity index is 1.78. The number of aromatic nitrogens is 1. The number of hydrogen-bond acceptors (Lipinski definition) is 0. The van der Waals surface area contributed by atoms with Crippen LogP contribution in [0.5, 0.6) is 0 Å². The first-order valence-electron chi connectivity index (χ1n) is 10.0. The highest BCUT2D eigenvalue weighted by Crippen LogP contribution is 2.38. The molecule has 0 amide bonds. The number of aryl methyl sites for hydroxylation is 1. The van der Waals surface area contributed by atoms with Crippen LogP contribution >= 0.6 is 0 Å². The molecule has 0 unspecified atom stereocenters. The monoisotopic (exact) mass is 363 g/mol. The Bertz CT molecular complexity index is 1250. The van der Waals surface area contributed by atoms with Crippen molar-refractivity contribution in [2.24, 2.45) is 5.41 Å². The smallest absolute Gasteiger partial charge is 0.0541 e. The lowest BCUT2D eigenvalue weighted by Gasteiger charge is -2.24. The Morgan fingerprint density at radius 3 is 2.29 bits per heavy atom. The summed E-state index contributed by atoms with van der Waals surface area (Å²) in [5.41, 5.74) is 7.82. The molecule has 0 saturated heterocycles. The third-order valence-electron chi connectivity index (χ3n) is 5.79. The Kier molecular flexibility index (Phi) is 3.80. The van der Waals surface area contributed by atoms with Crippen LogP contribution in [0.3, 0.4) is 0 Å². The maximum atomic E-state index is 2.42. The molecule has 0 N–H and O–H groups in total. The van der Waals surface area contributed by atoms with Gasteiger partial charge in [0.05, 0.1) is 11.0 Å². The molecular weight excluding hydrogens is 338 g/mol. The number of nitrogens with zero attached hydrogens (tertiary/aromatic N) is 1. The van der Waals surface area contributed by atoms with Gasteiger partial charge in [-0.25, -0.2) is 0 Å². The molecule has 0 aliphatic heterocycles. The molecule has 1 aliphatic carbocycles. The summed E-state index contributed by atoms with van der Waals surface area (Å²) < 4.78 is 2.42. The molecule has 5 rings (SSSR count). The normalized spacial score (nSPS) is 15.9. The van der Waals surface area contributed by atoms with E-state index in [9.17, 15) is 0 Å². The van der Waals surface area contributed by atoms with Gasteiger partial charge in [0.1, 0.15) is 0 Å². The zero-order chi connectivity index (χ0) is 19.3. The number of allylic oxidation sites excluding steroid dienone is 4. The molecule has 0 fully saturated rings. The third-order valence-corrected chi connectivity index (χ3v) is 5.79. The summed E-state index contributed by atoms with van der Waals surface area (Å²) in [6.07, 6.45) is 8.07. The van der Waals surface area contributed by atoms with Crippen LogP contribution in [0.4, 0.5) is 0 Å². The van der Waals surface area contributed by atoms with Crippen molar-refractivity contribution in [3.63, 3.8) is 0 Å². The average Bonchev–Trinajstić information content (AvgIpc) is 3.01. The fraction of sp³-hybridized carbons (Fsp3) is 0.185. The van der Waals surface area contributed by atoms with Crippen molar-refractivity contribution in [1.82, 2.24) is 4.57 Å². The molecular formula is C27H25N. The van der Waals surface area contributed by atoms with Gasteiger partial charge in [0.25, 0.3) is 0 Å². The second kappa shape index (κ2) is 6.24. The molecule has 0 radical (unpaired) electrons. The lowest BCUT2D eigenvalue weighted by atomic mass is 9.85. The van der Waals surface area contributed by atoms with Crippen LogP contribution in [0, 0.1) is 12.3 Å². The summed E-state index contributed by atoms with van der Waals surface area (Å²) in [4.78, 5) is 0. The van der Waals surface area contributed by atoms with E-state index in [1.807, 2.05) is 0 Å². The van der Waals surface area contributed by atoms with Gasteiger partial charge in [-0.2, -0.15) is 0 Å². The van der Waals surface area contributed by atoms with Gasteiger partial charge in [-0.05, 0) is 54.2 Å². The van der Waals surface area contributed by atoms with Gasteiger partial charge in [-0.1, -0.05) is 80.1 Å². The Labute approximate surface area is 166 Å². The number of hydrogen-bond donors (Lipinski definition) is 0. The van der Waals surface area contributed by atoms with E-state index in [-0.39, 0.29) is 5.41 Å². The number of para-hydroxylation sites is 1. The van der Waals surface area contributed by atoms with E-state index in [1.165, 1.54) is 44.2 Å². The SMILES string of the molecule is Cc1ccc(-c2ccc3c(c2)c2ccccc2n3C2=CC(C)(C)CC=C2)cc1. The molecule has 1 aromatic heterocycles. The van der Waals surface area contributed by atoms with E-state index in [2.05, 4.69) is 110 Å². The van der Waals surface area contributed by atoms with Gasteiger partial charge in [0.15, 0.2) is 0 Å². The third kappa shape index (κ3) is 2.79. The Morgan fingerprint density at radius 1 is 0.786 bits per heavy atom. The highest BCUT2D eigenvalue weighted by atomic mass is 15.0. The van der Waals surface area contributed by atoms with Gasteiger partial charge < -0.3 is 4.57 Å². The summed E-state index contributed by atoms with van der Waals surface area (Å²) in [5.74, 6) is 0. The topological polar surface area (TPSA) is 4.93 Å². The van der Waals surface area contributed by atoms with Crippen LogP contribution < -0.4 is 0 Å². The second-order valence-corrected chi connectivity index (χ2v) is 8.61. The van der Waals surface area contributed by atoms with Crippen LogP contribution in [0.1, 0.15) is 25.8 Å². The standard InChI is InChI=1S/C27H25N/c1-19-10-12-20(13-11-19)21-14-15-26-24(17-21)23-8-4-5-9-25(23)28(26)22-7-6-16-27(2,3)18-22/h4-15,17-18H,16H2,1-3H3. The highest BCUT2D eigenvalue weighted by molar-refractivity contribution is 6.11. The molecule has 1 heterocycles. The van der Waals surface area contributed by atoms with Crippen molar-refractivity contribution < 1.29 is 0 Å². The number of fused-ring (bicyclic) bond motifs is 3. The summed E-state index contributed by atoms with van der Waals surface area (Å²) in [7, 11) is 0. The van der Waals surface area contributed by atoms with Crippen LogP contribution in [0.15, 0.2) is 85.0 Å². The predicted octanol–water partition coefficient (Wildman–Crippen LogP) is 7.60. The van der Waals surface area contributed by atoms with E-state index in [4.69, 9.17) is 0 Å². The van der Waals surface area contributed by atoms with Gasteiger partial charge >= 0.3 is 0 Å². The summed E-state index contributed by atoms with van der Waals surface area (Å²) in [6.45, 7) is 6.74. The zero-order valence-corrected chi connectivity index (χ0v) is 16.7. The van der Waals surface area contributed by atoms with Crippen molar-refractivity contribution >= 4 is 27.5 Å². The minimum absolute atomic E-state index is 0.184. The lowest BCUT2D eigenvalue weighted by molar-refractivity contribution is 0.485. The predicted molar refractivity (Wildman–Crippen MR) is 121 cm³/mol. The van der Waals surface area contributed by atoms with E-state index >= 15 is 0 Å². The van der Waals surface area contributed by atoms with Crippen molar-refractivity contribution in [1.29, 1.82) is 0 Å². The number of rotatable bonds is 2. The van der Waals surface area contributed by atoms with E-state index in [0.29, 0.717) is 0 Å². The summed E-state index contributed by atoms with van der Waals surface area (Å²) in [6, 6.07) is 24.4. The molecule has 0 atom stereocenters. The Hall–Kier alpha value is -3.06. The van der Waals surface area contributed by atoms with Crippen LogP contribution in [-0.4, -0.2) is 4.57 Å². The maximum Gasteiger partial charge on any atom is 0.0541 e. The molecule has 138 valence electrons. The quantitative estimate of drug-likeness (QED) is 0.345. The minimum atomic E-state index is 0.184. The van der Waals surface area contributed by atoms with Gasteiger partial charge in [0.2, 0.25) is 0 Å². The summed E-state index contributed by atoms with van der Waals surface area (Å²) >= 11 is 0. The first kappa shape index (κ1) is 17.1. The van der Waals surface area contributed by atoms with Crippen LogP contribution in [0.25, 0.3) is 38.6 Å². The first-order valence-corrected chi connectivity index (χ1v) is 10.0. The van der Waals surface area contributed by atoms with Crippen molar-refractivity contribution in [3.05, 3.63) is 90.5 Å². The van der Waals surface area contributed by atoms with E-state index < -0.39 is 0 Å². The molecule has 1 aliphatic rings. The zero-order valence-electron chi connectivity index (χ0n) is 16.7. The van der Waals surface area contributed by atoms with Gasteiger partial charge in [0, 0.05) is 16.5 Å². The minimum Gasteiger partial charge on any atom is -0.310 e. The second-order valence-electron chi connectivity index (χ2n) is 8.61. The van der Waals surface area contributed by atoms with Gasteiger partial charge in [-0.3, -0.25) is 0 Å². The average molecular weight is 364 g/mol. The lowest BCUT2D eigenvalue weighted by Crippen LogP contribution is -2.11. The van der Waals surface area contributed by atoms with Crippen LogP contribution in [0.2, 0.25) is 0 Å². The molecule has 0 saturated carbocycles. The number of benzene rings is 3. The van der Waals surface area contributed by atoms with Gasteiger partial charge in [-0.15, -0.1) is 0 Å². The van der Waals surface area contributed by atoms with Crippen molar-refractivity contribution in [2.75, 3.05) is 0 Å². The largest absolute Gasteiger partial charge is 0.310 e. The van der Waals surface area contributed by atoms with Crippen molar-refractivity contribution in [2.45, 2.75) is 27.2 Å². The highest BCUT2D eigenvalue weighted by Gasteiger charge is 2.20. The molecule has 1 heteroatoms. The summed E-state index contributed by atoms with van der Waals surface area (Å²) in [5, 5.41) is 2.62. The fourth-order valence-electron chi connectivity index (χ4n) is 4.31. The van der Waals surface area contributed by atoms with E-state index in [0.717, 1.165) is 6.42 Å². The van der Waals surface area contributed by atoms with E-state index in [1.54, 1.807) is 0 Å². The molecule has 1 nitrogen and oxygen atoms in total. The molecule has 28 heavy (non-hydrogen) atoms. The Morgan fingerprint density at radius 2 is 1.50 bits per heavy atom. The van der Waals surface area contributed by atoms with Crippen molar-refractivity contribution in [3.8, 4) is 11.1 Å². The maximum absolute atomic E-state index is 2.42. The molecule has 0 bridgehead atoms. The fourth-order valence-corrected chi connectivity index (χ4v) is 4.31.